The van der Waals surface area contributed by atoms with Crippen LogP contribution in [0.3, 0.4) is 0 Å². The first-order chi connectivity index (χ1) is 9.68. The van der Waals surface area contributed by atoms with Crippen molar-refractivity contribution in [1.29, 1.82) is 0 Å². The molecule has 0 bridgehead atoms. The fraction of sp³-hybridized carbons (Fsp3) is 0.118. The monoisotopic (exact) mass is 392 g/mol. The number of ketones is 1. The minimum Gasteiger partial charge on any atom is -0.294 e. The molecule has 0 fully saturated rings. The second-order valence-electron chi connectivity index (χ2n) is 4.36. The van der Waals surface area contributed by atoms with Crippen molar-refractivity contribution in [2.45, 2.75) is 9.65 Å². The molecule has 0 aliphatic carbocycles. The first-order valence-electron chi connectivity index (χ1n) is 6.28. The standard InChI is InChI=1S/C17H14Br2O/c18-16(14-9-5-2-6-10-14)17(19)15(20)12-11-13-7-3-1-4-8-13/h1-12,16-17H/b12-11+/t16-,17-/m0/s1. The van der Waals surface area contributed by atoms with E-state index in [1.54, 1.807) is 6.08 Å². The quantitative estimate of drug-likeness (QED) is 0.505. The lowest BCUT2D eigenvalue weighted by atomic mass is 10.1. The van der Waals surface area contributed by atoms with Gasteiger partial charge in [-0.15, -0.1) is 0 Å². The molecule has 2 aromatic rings. The van der Waals surface area contributed by atoms with Crippen molar-refractivity contribution < 1.29 is 4.79 Å². The van der Waals surface area contributed by atoms with Gasteiger partial charge in [0.25, 0.3) is 0 Å². The lowest BCUT2D eigenvalue weighted by Gasteiger charge is -2.14. The van der Waals surface area contributed by atoms with Gasteiger partial charge in [-0.05, 0) is 17.2 Å². The van der Waals surface area contributed by atoms with E-state index in [2.05, 4.69) is 31.9 Å². The molecule has 0 amide bonds. The van der Waals surface area contributed by atoms with Crippen LogP contribution in [-0.2, 0) is 4.79 Å². The van der Waals surface area contributed by atoms with Crippen molar-refractivity contribution in [3.63, 3.8) is 0 Å². The van der Waals surface area contributed by atoms with Gasteiger partial charge in [-0.1, -0.05) is 98.6 Å². The van der Waals surface area contributed by atoms with E-state index in [9.17, 15) is 4.79 Å². The molecule has 3 heteroatoms. The van der Waals surface area contributed by atoms with Crippen LogP contribution in [-0.4, -0.2) is 10.6 Å². The summed E-state index contributed by atoms with van der Waals surface area (Å²) in [5.41, 5.74) is 2.10. The molecule has 0 saturated carbocycles. The van der Waals surface area contributed by atoms with E-state index >= 15 is 0 Å². The number of hydrogen-bond acceptors (Lipinski definition) is 1. The number of halogens is 2. The van der Waals surface area contributed by atoms with Gasteiger partial charge >= 0.3 is 0 Å². The third kappa shape index (κ3) is 4.15. The molecular formula is C17H14Br2O. The average Bonchev–Trinajstić information content (AvgIpc) is 2.53. The van der Waals surface area contributed by atoms with E-state index in [0.717, 1.165) is 11.1 Å². The fourth-order valence-electron chi connectivity index (χ4n) is 1.78. The summed E-state index contributed by atoms with van der Waals surface area (Å²) < 4.78 is 0. The summed E-state index contributed by atoms with van der Waals surface area (Å²) in [5, 5.41) is 0. The van der Waals surface area contributed by atoms with E-state index < -0.39 is 0 Å². The highest BCUT2D eigenvalue weighted by molar-refractivity contribution is 9.12. The van der Waals surface area contributed by atoms with E-state index in [1.165, 1.54) is 0 Å². The number of benzene rings is 2. The molecule has 0 aromatic heterocycles. The van der Waals surface area contributed by atoms with E-state index in [1.807, 2.05) is 66.7 Å². The zero-order valence-electron chi connectivity index (χ0n) is 10.7. The van der Waals surface area contributed by atoms with E-state index in [-0.39, 0.29) is 15.4 Å². The molecule has 102 valence electrons. The summed E-state index contributed by atoms with van der Waals surface area (Å²) in [6.45, 7) is 0. The second-order valence-corrected chi connectivity index (χ2v) is 6.33. The molecule has 0 radical (unpaired) electrons. The van der Waals surface area contributed by atoms with Gasteiger partial charge in [0, 0.05) is 0 Å². The van der Waals surface area contributed by atoms with E-state index in [0.29, 0.717) is 0 Å². The summed E-state index contributed by atoms with van der Waals surface area (Å²) in [4.78, 5) is 11.8. The minimum absolute atomic E-state index is 0.0413. The van der Waals surface area contributed by atoms with Gasteiger partial charge in [0.05, 0.1) is 9.65 Å². The summed E-state index contributed by atoms with van der Waals surface area (Å²) in [5.74, 6) is 0.0413. The van der Waals surface area contributed by atoms with Crippen LogP contribution in [0.15, 0.2) is 66.7 Å². The minimum atomic E-state index is -0.287. The molecule has 2 rings (SSSR count). The molecule has 2 aromatic carbocycles. The van der Waals surface area contributed by atoms with Crippen LogP contribution in [0.4, 0.5) is 0 Å². The molecule has 20 heavy (non-hydrogen) atoms. The maximum atomic E-state index is 12.2. The van der Waals surface area contributed by atoms with Crippen molar-refractivity contribution in [2.24, 2.45) is 0 Å². The van der Waals surface area contributed by atoms with Gasteiger partial charge in [0.15, 0.2) is 5.78 Å². The Kier molecular flexibility index (Phi) is 5.74. The van der Waals surface area contributed by atoms with Crippen LogP contribution in [0.1, 0.15) is 16.0 Å². The van der Waals surface area contributed by atoms with Gasteiger partial charge in [-0.25, -0.2) is 0 Å². The van der Waals surface area contributed by atoms with Gasteiger partial charge < -0.3 is 0 Å². The highest BCUT2D eigenvalue weighted by atomic mass is 79.9. The summed E-state index contributed by atoms with van der Waals surface area (Å²) in [7, 11) is 0. The topological polar surface area (TPSA) is 17.1 Å². The molecule has 0 saturated heterocycles. The van der Waals surface area contributed by atoms with Crippen LogP contribution >= 0.6 is 31.9 Å². The maximum absolute atomic E-state index is 12.2. The molecular weight excluding hydrogens is 380 g/mol. The van der Waals surface area contributed by atoms with Gasteiger partial charge in [0.1, 0.15) is 0 Å². The van der Waals surface area contributed by atoms with Crippen molar-refractivity contribution in [3.05, 3.63) is 77.9 Å². The maximum Gasteiger partial charge on any atom is 0.170 e. The molecule has 0 spiro atoms. The SMILES string of the molecule is O=C(/C=C/c1ccccc1)[C@H](Br)[C@@H](Br)c1ccccc1. The van der Waals surface area contributed by atoms with Crippen LogP contribution in [0, 0.1) is 0 Å². The Balaban J connectivity index is 2.04. The Morgan fingerprint density at radius 3 is 2.05 bits per heavy atom. The predicted octanol–water partition coefficient (Wildman–Crippen LogP) is 5.17. The predicted molar refractivity (Wildman–Crippen MR) is 91.3 cm³/mol. The van der Waals surface area contributed by atoms with E-state index in [4.69, 9.17) is 0 Å². The molecule has 0 heterocycles. The van der Waals surface area contributed by atoms with Gasteiger partial charge in [-0.3, -0.25) is 4.79 Å². The highest BCUT2D eigenvalue weighted by Gasteiger charge is 2.22. The number of carbonyl (C=O) groups is 1. The average molecular weight is 394 g/mol. The van der Waals surface area contributed by atoms with Crippen molar-refractivity contribution in [2.75, 3.05) is 0 Å². The number of carbonyl (C=O) groups excluding carboxylic acids is 1. The Morgan fingerprint density at radius 2 is 1.45 bits per heavy atom. The number of allylic oxidation sites excluding steroid dienone is 1. The fourth-order valence-corrected chi connectivity index (χ4v) is 2.81. The van der Waals surface area contributed by atoms with Crippen LogP contribution in [0.5, 0.6) is 0 Å². The number of hydrogen-bond donors (Lipinski definition) is 0. The lowest BCUT2D eigenvalue weighted by molar-refractivity contribution is -0.113. The van der Waals surface area contributed by atoms with Crippen molar-refractivity contribution in [1.82, 2.24) is 0 Å². The van der Waals surface area contributed by atoms with Gasteiger partial charge in [-0.2, -0.15) is 0 Å². The summed E-state index contributed by atoms with van der Waals surface area (Å²) in [6.07, 6.45) is 3.45. The van der Waals surface area contributed by atoms with Crippen LogP contribution in [0.2, 0.25) is 0 Å². The summed E-state index contributed by atoms with van der Waals surface area (Å²) >= 11 is 7.05. The zero-order valence-corrected chi connectivity index (χ0v) is 13.9. The molecule has 1 nitrogen and oxygen atoms in total. The van der Waals surface area contributed by atoms with Crippen molar-refractivity contribution >= 4 is 43.7 Å². The van der Waals surface area contributed by atoms with Crippen molar-refractivity contribution in [3.8, 4) is 0 Å². The Morgan fingerprint density at radius 1 is 0.900 bits per heavy atom. The first-order valence-corrected chi connectivity index (χ1v) is 8.11. The summed E-state index contributed by atoms with van der Waals surface area (Å²) in [6, 6.07) is 19.7. The Labute approximate surface area is 136 Å². The normalized spacial score (nSPS) is 14.1. The number of rotatable bonds is 5. The largest absolute Gasteiger partial charge is 0.294 e. The molecule has 2 atom stereocenters. The third-order valence-electron chi connectivity index (χ3n) is 2.89. The molecule has 0 aliphatic heterocycles. The smallest absolute Gasteiger partial charge is 0.170 e. The number of alkyl halides is 2. The Bertz CT molecular complexity index is 578. The van der Waals surface area contributed by atoms with Crippen LogP contribution < -0.4 is 0 Å². The Hall–Kier alpha value is -1.19. The third-order valence-corrected chi connectivity index (χ3v) is 5.63. The molecule has 0 N–H and O–H groups in total. The highest BCUT2D eigenvalue weighted by Crippen LogP contribution is 2.31. The van der Waals surface area contributed by atoms with Crippen LogP contribution in [0.25, 0.3) is 6.08 Å². The van der Waals surface area contributed by atoms with Gasteiger partial charge in [0.2, 0.25) is 0 Å². The lowest BCUT2D eigenvalue weighted by Crippen LogP contribution is -2.16. The zero-order chi connectivity index (χ0) is 14.4. The first kappa shape index (κ1) is 15.2. The molecule has 0 unspecified atom stereocenters. The molecule has 0 aliphatic rings. The second kappa shape index (κ2) is 7.55.